The van der Waals surface area contributed by atoms with Gasteiger partial charge in [-0.25, -0.2) is 4.79 Å². The fourth-order valence-electron chi connectivity index (χ4n) is 2.51. The summed E-state index contributed by atoms with van der Waals surface area (Å²) >= 11 is 1.63. The molecule has 0 bridgehead atoms. The molecular formula is C20H23NO3S. The zero-order chi connectivity index (χ0) is 18.1. The molecule has 0 radical (unpaired) electrons. The third kappa shape index (κ3) is 5.36. The molecule has 5 heteroatoms. The van der Waals surface area contributed by atoms with Gasteiger partial charge in [-0.15, -0.1) is 0 Å². The maximum Gasteiger partial charge on any atom is 0.328 e. The van der Waals surface area contributed by atoms with E-state index < -0.39 is 6.04 Å². The number of esters is 1. The topological polar surface area (TPSA) is 55.4 Å². The molecule has 0 aromatic heterocycles. The Hall–Kier alpha value is -2.27. The van der Waals surface area contributed by atoms with Gasteiger partial charge >= 0.3 is 5.97 Å². The average Bonchev–Trinajstić information content (AvgIpc) is 2.65. The summed E-state index contributed by atoms with van der Waals surface area (Å²) in [7, 11) is 0. The minimum absolute atomic E-state index is 0.265. The highest BCUT2D eigenvalue weighted by Crippen LogP contribution is 2.23. The second-order valence-corrected chi connectivity index (χ2v) is 6.46. The van der Waals surface area contributed by atoms with Crippen LogP contribution in [0.1, 0.15) is 23.7 Å². The van der Waals surface area contributed by atoms with Gasteiger partial charge in [-0.3, -0.25) is 4.79 Å². The number of carbonyl (C=O) groups excluding carboxylic acids is 2. The molecular weight excluding hydrogens is 334 g/mol. The van der Waals surface area contributed by atoms with Gasteiger partial charge in [0.1, 0.15) is 6.04 Å². The van der Waals surface area contributed by atoms with E-state index in [1.165, 1.54) is 0 Å². The number of benzene rings is 2. The van der Waals surface area contributed by atoms with Crippen LogP contribution in [0.2, 0.25) is 0 Å². The Balaban J connectivity index is 2.23. The lowest BCUT2D eigenvalue weighted by molar-refractivity contribution is -0.145. The van der Waals surface area contributed by atoms with Gasteiger partial charge in [0, 0.05) is 5.56 Å². The van der Waals surface area contributed by atoms with Crippen molar-refractivity contribution in [2.45, 2.75) is 19.4 Å². The molecule has 4 nitrogen and oxygen atoms in total. The molecule has 1 amide bonds. The monoisotopic (exact) mass is 357 g/mol. The summed E-state index contributed by atoms with van der Waals surface area (Å²) < 4.78 is 5.09. The first-order valence-electron chi connectivity index (χ1n) is 8.28. The minimum Gasteiger partial charge on any atom is -0.464 e. The summed E-state index contributed by atoms with van der Waals surface area (Å²) in [5, 5.41) is 2.84. The maximum absolute atomic E-state index is 12.8. The number of ether oxygens (including phenoxy) is 1. The van der Waals surface area contributed by atoms with Crippen molar-refractivity contribution in [2.75, 3.05) is 18.6 Å². The highest BCUT2D eigenvalue weighted by Gasteiger charge is 2.23. The molecule has 1 unspecified atom stereocenters. The smallest absolute Gasteiger partial charge is 0.328 e. The maximum atomic E-state index is 12.8. The zero-order valence-electron chi connectivity index (χ0n) is 14.5. The molecule has 0 fully saturated rings. The average molecular weight is 357 g/mol. The minimum atomic E-state index is -0.635. The third-order valence-corrected chi connectivity index (χ3v) is 4.39. The summed E-state index contributed by atoms with van der Waals surface area (Å²) in [6.07, 6.45) is 2.51. The number of nitrogens with one attached hydrogen (secondary N) is 1. The Kier molecular flexibility index (Phi) is 7.54. The Morgan fingerprint density at radius 1 is 1.08 bits per heavy atom. The van der Waals surface area contributed by atoms with Gasteiger partial charge in [0.05, 0.1) is 6.61 Å². The lowest BCUT2D eigenvalue weighted by Gasteiger charge is -2.18. The van der Waals surface area contributed by atoms with Crippen LogP contribution >= 0.6 is 11.8 Å². The Morgan fingerprint density at radius 2 is 1.76 bits per heavy atom. The fraction of sp³-hybridized carbons (Fsp3) is 0.300. The number of rotatable bonds is 8. The van der Waals surface area contributed by atoms with Crippen molar-refractivity contribution in [2.24, 2.45) is 0 Å². The summed E-state index contributed by atoms with van der Waals surface area (Å²) in [6.45, 7) is 2.06. The largest absolute Gasteiger partial charge is 0.464 e. The van der Waals surface area contributed by atoms with E-state index in [-0.39, 0.29) is 11.9 Å². The standard InChI is InChI=1S/C20H23NO3S/c1-3-24-20(23)18(13-14-25-2)21-19(22)17-12-8-7-11-16(17)15-9-5-4-6-10-15/h4-12,18H,3,13-14H2,1-2H3,(H,21,22). The van der Waals surface area contributed by atoms with Crippen molar-refractivity contribution in [3.8, 4) is 11.1 Å². The van der Waals surface area contributed by atoms with Crippen molar-refractivity contribution in [3.63, 3.8) is 0 Å². The molecule has 0 aliphatic carbocycles. The van der Waals surface area contributed by atoms with E-state index in [9.17, 15) is 9.59 Å². The normalized spacial score (nSPS) is 11.6. The highest BCUT2D eigenvalue weighted by molar-refractivity contribution is 7.98. The predicted molar refractivity (Wildman–Crippen MR) is 103 cm³/mol. The second-order valence-electron chi connectivity index (χ2n) is 5.47. The fourth-order valence-corrected chi connectivity index (χ4v) is 2.99. The van der Waals surface area contributed by atoms with E-state index in [2.05, 4.69) is 5.32 Å². The Labute approximate surface area is 153 Å². The molecule has 1 N–H and O–H groups in total. The molecule has 0 heterocycles. The van der Waals surface area contributed by atoms with Crippen LogP contribution in [0.3, 0.4) is 0 Å². The van der Waals surface area contributed by atoms with Gasteiger partial charge in [0.15, 0.2) is 0 Å². The molecule has 0 saturated heterocycles. The Morgan fingerprint density at radius 3 is 2.44 bits per heavy atom. The van der Waals surface area contributed by atoms with Crippen molar-refractivity contribution in [1.29, 1.82) is 0 Å². The number of amides is 1. The van der Waals surface area contributed by atoms with Gasteiger partial charge in [0.2, 0.25) is 0 Å². The van der Waals surface area contributed by atoms with Crippen LogP contribution in [0.15, 0.2) is 54.6 Å². The van der Waals surface area contributed by atoms with Crippen LogP contribution in [0.25, 0.3) is 11.1 Å². The molecule has 0 spiro atoms. The molecule has 132 valence electrons. The van der Waals surface area contributed by atoms with E-state index >= 15 is 0 Å². The van der Waals surface area contributed by atoms with Crippen molar-refractivity contribution in [1.82, 2.24) is 5.32 Å². The molecule has 25 heavy (non-hydrogen) atoms. The van der Waals surface area contributed by atoms with E-state index in [1.54, 1.807) is 24.8 Å². The van der Waals surface area contributed by atoms with Gasteiger partial charge in [-0.05, 0) is 42.5 Å². The lowest BCUT2D eigenvalue weighted by atomic mass is 9.99. The summed E-state index contributed by atoms with van der Waals surface area (Å²) in [4.78, 5) is 24.9. The molecule has 0 aliphatic rings. The third-order valence-electron chi connectivity index (χ3n) is 3.74. The zero-order valence-corrected chi connectivity index (χ0v) is 15.3. The van der Waals surface area contributed by atoms with Crippen molar-refractivity contribution < 1.29 is 14.3 Å². The number of carbonyl (C=O) groups is 2. The molecule has 2 aromatic rings. The van der Waals surface area contributed by atoms with E-state index in [1.807, 2.05) is 54.8 Å². The molecule has 0 aliphatic heterocycles. The predicted octanol–water partition coefficient (Wildman–Crippen LogP) is 3.77. The summed E-state index contributed by atoms with van der Waals surface area (Å²) in [6, 6.07) is 16.5. The van der Waals surface area contributed by atoms with Gasteiger partial charge in [0.25, 0.3) is 5.91 Å². The van der Waals surface area contributed by atoms with Crippen LogP contribution in [0.5, 0.6) is 0 Å². The second kappa shape index (κ2) is 9.89. The van der Waals surface area contributed by atoms with Crippen LogP contribution < -0.4 is 5.32 Å². The Bertz CT molecular complexity index is 703. The van der Waals surface area contributed by atoms with Crippen LogP contribution in [-0.4, -0.2) is 36.5 Å². The first-order chi connectivity index (χ1) is 12.2. The van der Waals surface area contributed by atoms with Gasteiger partial charge in [-0.1, -0.05) is 48.5 Å². The lowest BCUT2D eigenvalue weighted by Crippen LogP contribution is -2.42. The van der Waals surface area contributed by atoms with Gasteiger partial charge in [-0.2, -0.15) is 11.8 Å². The van der Waals surface area contributed by atoms with Crippen LogP contribution in [-0.2, 0) is 9.53 Å². The molecule has 2 rings (SSSR count). The summed E-state index contributed by atoms with van der Waals surface area (Å²) in [5.74, 6) is 0.116. The summed E-state index contributed by atoms with van der Waals surface area (Å²) in [5.41, 5.74) is 2.35. The quantitative estimate of drug-likeness (QED) is 0.731. The number of hydrogen-bond donors (Lipinski definition) is 1. The van der Waals surface area contributed by atoms with Crippen molar-refractivity contribution in [3.05, 3.63) is 60.2 Å². The molecule has 1 atom stereocenters. The number of thioether (sulfide) groups is 1. The highest BCUT2D eigenvalue weighted by atomic mass is 32.2. The van der Waals surface area contributed by atoms with E-state index in [0.29, 0.717) is 18.6 Å². The molecule has 0 saturated carbocycles. The number of hydrogen-bond acceptors (Lipinski definition) is 4. The van der Waals surface area contributed by atoms with Crippen molar-refractivity contribution >= 4 is 23.6 Å². The first kappa shape index (κ1) is 19.1. The molecule has 2 aromatic carbocycles. The van der Waals surface area contributed by atoms with E-state index in [4.69, 9.17) is 4.74 Å². The van der Waals surface area contributed by atoms with Gasteiger partial charge < -0.3 is 10.1 Å². The van der Waals surface area contributed by atoms with Crippen LogP contribution in [0.4, 0.5) is 0 Å². The SMILES string of the molecule is CCOC(=O)C(CCSC)NC(=O)c1ccccc1-c1ccccc1. The van der Waals surface area contributed by atoms with E-state index in [0.717, 1.165) is 16.9 Å². The van der Waals surface area contributed by atoms with Crippen LogP contribution in [0, 0.1) is 0 Å². The first-order valence-corrected chi connectivity index (χ1v) is 9.67.